The van der Waals surface area contributed by atoms with Gasteiger partial charge in [-0.3, -0.25) is 0 Å². The number of carboxylic acid groups (broad SMARTS) is 1. The molecule has 0 unspecified atom stereocenters. The van der Waals surface area contributed by atoms with Crippen LogP contribution in [0, 0.1) is 0 Å². The van der Waals surface area contributed by atoms with E-state index in [1.54, 1.807) is 0 Å². The van der Waals surface area contributed by atoms with Gasteiger partial charge >= 0.3 is 5.97 Å². The lowest BCUT2D eigenvalue weighted by molar-refractivity contribution is 0.0690. The minimum atomic E-state index is -1.09. The molecule has 0 atom stereocenters. The van der Waals surface area contributed by atoms with Gasteiger partial charge < -0.3 is 15.0 Å². The second-order valence-corrected chi connectivity index (χ2v) is 4.62. The zero-order chi connectivity index (χ0) is 14.8. The number of aromatic carboxylic acids is 1. The summed E-state index contributed by atoms with van der Waals surface area (Å²) in [6, 6.07) is 7.79. The number of benzene rings is 1. The van der Waals surface area contributed by atoms with Gasteiger partial charge in [0, 0.05) is 7.05 Å². The van der Waals surface area contributed by atoms with Crippen molar-refractivity contribution < 1.29 is 9.90 Å². The lowest BCUT2D eigenvalue weighted by Crippen LogP contribution is -2.19. The van der Waals surface area contributed by atoms with E-state index in [0.29, 0.717) is 12.4 Å². The summed E-state index contributed by atoms with van der Waals surface area (Å²) in [6.07, 6.45) is 2.68. The fraction of sp³-hybridized carbons (Fsp3) is 0.143. The van der Waals surface area contributed by atoms with Gasteiger partial charge in [-0.15, -0.1) is 0 Å². The summed E-state index contributed by atoms with van der Waals surface area (Å²) in [5.74, 6) is 0.303. The van der Waals surface area contributed by atoms with Crippen molar-refractivity contribution >= 4 is 22.8 Å². The second kappa shape index (κ2) is 5.20. The summed E-state index contributed by atoms with van der Waals surface area (Å²) in [6.45, 7) is 0.524. The van der Waals surface area contributed by atoms with E-state index in [1.807, 2.05) is 36.2 Å². The quantitative estimate of drug-likeness (QED) is 0.756. The zero-order valence-electron chi connectivity index (χ0n) is 11.3. The number of carbonyl (C=O) groups is 1. The molecule has 21 heavy (non-hydrogen) atoms. The molecule has 0 fully saturated rings. The largest absolute Gasteiger partial charge is 0.476 e. The summed E-state index contributed by atoms with van der Waals surface area (Å²) in [5.41, 5.74) is 1.82. The number of anilines is 1. The van der Waals surface area contributed by atoms with Crippen LogP contribution in [0.2, 0.25) is 0 Å². The number of H-pyrrole nitrogens is 1. The molecule has 0 amide bonds. The number of nitrogens with zero attached hydrogens (tertiary/aromatic N) is 4. The number of nitrogens with one attached hydrogen (secondary N) is 1. The molecule has 0 radical (unpaired) electrons. The number of fused-ring (bicyclic) bond motifs is 1. The maximum Gasteiger partial charge on any atom is 0.356 e. The normalized spacial score (nSPS) is 10.7. The molecule has 3 rings (SSSR count). The summed E-state index contributed by atoms with van der Waals surface area (Å²) in [4.78, 5) is 28.2. The highest BCUT2D eigenvalue weighted by atomic mass is 16.4. The van der Waals surface area contributed by atoms with Gasteiger partial charge in [-0.1, -0.05) is 12.1 Å². The maximum atomic E-state index is 10.7. The Hall–Kier alpha value is -2.96. The smallest absolute Gasteiger partial charge is 0.356 e. The average Bonchev–Trinajstić information content (AvgIpc) is 2.89. The number of hydrogen-bond acceptors (Lipinski definition) is 5. The van der Waals surface area contributed by atoms with E-state index in [0.717, 1.165) is 16.9 Å². The Morgan fingerprint density at radius 1 is 1.29 bits per heavy atom. The summed E-state index contributed by atoms with van der Waals surface area (Å²) in [5, 5.41) is 8.80. The Bertz CT molecular complexity index is 748. The van der Waals surface area contributed by atoms with Crippen LogP contribution in [0.25, 0.3) is 11.0 Å². The molecule has 0 aliphatic rings. The maximum absolute atomic E-state index is 10.7. The SMILES string of the molecule is CN(Cc1nc2ccccc2[nH]1)c1cnc(C(=O)O)cn1. The van der Waals surface area contributed by atoms with Crippen molar-refractivity contribution in [2.24, 2.45) is 0 Å². The van der Waals surface area contributed by atoms with Gasteiger partial charge in [0.15, 0.2) is 5.69 Å². The number of aromatic amines is 1. The van der Waals surface area contributed by atoms with Crippen LogP contribution in [-0.2, 0) is 6.54 Å². The number of carboxylic acids is 1. The highest BCUT2D eigenvalue weighted by Gasteiger charge is 2.10. The molecule has 2 aromatic heterocycles. The predicted molar refractivity (Wildman–Crippen MR) is 77.2 cm³/mol. The van der Waals surface area contributed by atoms with Crippen LogP contribution in [0.4, 0.5) is 5.82 Å². The topological polar surface area (TPSA) is 95.0 Å². The first-order valence-corrected chi connectivity index (χ1v) is 6.33. The molecule has 0 saturated heterocycles. The monoisotopic (exact) mass is 283 g/mol. The van der Waals surface area contributed by atoms with E-state index < -0.39 is 5.97 Å². The van der Waals surface area contributed by atoms with Crippen LogP contribution >= 0.6 is 0 Å². The molecule has 2 N–H and O–H groups in total. The van der Waals surface area contributed by atoms with Gasteiger partial charge in [0.25, 0.3) is 0 Å². The number of imidazole rings is 1. The van der Waals surface area contributed by atoms with Gasteiger partial charge in [-0.2, -0.15) is 0 Å². The van der Waals surface area contributed by atoms with Crippen molar-refractivity contribution in [3.8, 4) is 0 Å². The summed E-state index contributed by atoms with van der Waals surface area (Å²) < 4.78 is 0. The lowest BCUT2D eigenvalue weighted by Gasteiger charge is -2.15. The van der Waals surface area contributed by atoms with Crippen LogP contribution in [0.1, 0.15) is 16.3 Å². The van der Waals surface area contributed by atoms with Crippen molar-refractivity contribution in [1.82, 2.24) is 19.9 Å². The standard InChI is InChI=1S/C14H13N5O2/c1-19(13-7-15-11(6-16-13)14(20)21)8-12-17-9-4-2-3-5-10(9)18-12/h2-7H,8H2,1H3,(H,17,18)(H,20,21). The van der Waals surface area contributed by atoms with Crippen molar-refractivity contribution in [3.05, 3.63) is 48.2 Å². The molecular formula is C14H13N5O2. The van der Waals surface area contributed by atoms with Crippen LogP contribution in [-0.4, -0.2) is 38.1 Å². The molecule has 106 valence electrons. The molecule has 0 saturated carbocycles. The van der Waals surface area contributed by atoms with Crippen LogP contribution in [0.5, 0.6) is 0 Å². The number of hydrogen-bond donors (Lipinski definition) is 2. The van der Waals surface area contributed by atoms with E-state index >= 15 is 0 Å². The minimum absolute atomic E-state index is 0.0733. The minimum Gasteiger partial charge on any atom is -0.476 e. The molecule has 0 spiro atoms. The molecule has 7 nitrogen and oxygen atoms in total. The molecular weight excluding hydrogens is 270 g/mol. The third-order valence-electron chi connectivity index (χ3n) is 3.07. The Kier molecular flexibility index (Phi) is 3.23. The third-order valence-corrected chi connectivity index (χ3v) is 3.07. The summed E-state index contributed by atoms with van der Waals surface area (Å²) >= 11 is 0. The first kappa shape index (κ1) is 13.0. The van der Waals surface area contributed by atoms with E-state index in [-0.39, 0.29) is 5.69 Å². The van der Waals surface area contributed by atoms with Crippen molar-refractivity contribution in [2.75, 3.05) is 11.9 Å². The fourth-order valence-corrected chi connectivity index (χ4v) is 2.01. The van der Waals surface area contributed by atoms with Gasteiger partial charge in [0.2, 0.25) is 0 Å². The zero-order valence-corrected chi connectivity index (χ0v) is 11.3. The van der Waals surface area contributed by atoms with Crippen LogP contribution in [0.15, 0.2) is 36.7 Å². The number of para-hydroxylation sites is 2. The van der Waals surface area contributed by atoms with Gasteiger partial charge in [-0.25, -0.2) is 19.7 Å². The highest BCUT2D eigenvalue weighted by molar-refractivity contribution is 5.84. The third kappa shape index (κ3) is 2.66. The van der Waals surface area contributed by atoms with E-state index in [1.165, 1.54) is 12.4 Å². The molecule has 0 aliphatic carbocycles. The summed E-state index contributed by atoms with van der Waals surface area (Å²) in [7, 11) is 1.84. The van der Waals surface area contributed by atoms with E-state index in [9.17, 15) is 4.79 Å². The van der Waals surface area contributed by atoms with Crippen molar-refractivity contribution in [2.45, 2.75) is 6.54 Å². The first-order valence-electron chi connectivity index (χ1n) is 6.33. The average molecular weight is 283 g/mol. The van der Waals surface area contributed by atoms with Gasteiger partial charge in [-0.05, 0) is 12.1 Å². The number of rotatable bonds is 4. The van der Waals surface area contributed by atoms with Crippen molar-refractivity contribution in [3.63, 3.8) is 0 Å². The second-order valence-electron chi connectivity index (χ2n) is 4.62. The molecule has 0 aliphatic heterocycles. The van der Waals surface area contributed by atoms with Gasteiger partial charge in [0.1, 0.15) is 11.6 Å². The Labute approximate surface area is 120 Å². The molecule has 3 aromatic rings. The van der Waals surface area contributed by atoms with Crippen LogP contribution < -0.4 is 4.90 Å². The van der Waals surface area contributed by atoms with Gasteiger partial charge in [0.05, 0.1) is 30.0 Å². The van der Waals surface area contributed by atoms with E-state index in [4.69, 9.17) is 5.11 Å². The molecule has 2 heterocycles. The Balaban J connectivity index is 1.78. The first-order chi connectivity index (χ1) is 10.1. The van der Waals surface area contributed by atoms with Crippen LogP contribution in [0.3, 0.4) is 0 Å². The van der Waals surface area contributed by atoms with Crippen molar-refractivity contribution in [1.29, 1.82) is 0 Å². The fourth-order valence-electron chi connectivity index (χ4n) is 2.01. The Morgan fingerprint density at radius 3 is 2.76 bits per heavy atom. The number of aromatic nitrogens is 4. The predicted octanol–water partition coefficient (Wildman–Crippen LogP) is 1.69. The lowest BCUT2D eigenvalue weighted by atomic mass is 10.3. The van der Waals surface area contributed by atoms with E-state index in [2.05, 4.69) is 19.9 Å². The molecule has 1 aromatic carbocycles. The Morgan fingerprint density at radius 2 is 2.10 bits per heavy atom. The highest BCUT2D eigenvalue weighted by Crippen LogP contribution is 2.14. The molecule has 0 bridgehead atoms. The molecule has 7 heteroatoms.